The van der Waals surface area contributed by atoms with Gasteiger partial charge in [-0.2, -0.15) is 0 Å². The van der Waals surface area contributed by atoms with E-state index in [1.165, 1.54) is 0 Å². The van der Waals surface area contributed by atoms with Gasteiger partial charge >= 0.3 is 0 Å². The number of nitrogens with one attached hydrogen (secondary N) is 1. The molecule has 0 bridgehead atoms. The lowest BCUT2D eigenvalue weighted by atomic mass is 10.1. The Bertz CT molecular complexity index is 176. The first kappa shape index (κ1) is 11.9. The van der Waals surface area contributed by atoms with Crippen molar-refractivity contribution in [3.8, 4) is 0 Å². The molecule has 5 heteroatoms. The van der Waals surface area contributed by atoms with Gasteiger partial charge < -0.3 is 25.4 Å². The first-order chi connectivity index (χ1) is 6.56. The second-order valence-corrected chi connectivity index (χ2v) is 4.07. The van der Waals surface area contributed by atoms with Gasteiger partial charge in [0.1, 0.15) is 12.2 Å². The van der Waals surface area contributed by atoms with Crippen LogP contribution >= 0.6 is 0 Å². The molecule has 0 aromatic heterocycles. The van der Waals surface area contributed by atoms with Crippen molar-refractivity contribution in [2.75, 3.05) is 13.2 Å². The summed E-state index contributed by atoms with van der Waals surface area (Å²) in [5.41, 5.74) is 0. The molecule has 5 nitrogen and oxygen atoms in total. The Hall–Kier alpha value is -0.200. The lowest BCUT2D eigenvalue weighted by Crippen LogP contribution is -2.46. The van der Waals surface area contributed by atoms with Crippen LogP contribution in [-0.4, -0.2) is 53.0 Å². The molecule has 1 heterocycles. The van der Waals surface area contributed by atoms with E-state index >= 15 is 0 Å². The number of hydrogen-bond acceptors (Lipinski definition) is 5. The maximum atomic E-state index is 9.62. The van der Waals surface area contributed by atoms with Crippen molar-refractivity contribution in [3.63, 3.8) is 0 Å². The molecule has 4 atom stereocenters. The molecule has 0 radical (unpaired) electrons. The molecule has 1 aliphatic heterocycles. The van der Waals surface area contributed by atoms with Crippen LogP contribution in [0, 0.1) is 5.92 Å². The second-order valence-electron chi connectivity index (χ2n) is 4.07. The van der Waals surface area contributed by atoms with E-state index in [9.17, 15) is 10.2 Å². The largest absolute Gasteiger partial charge is 0.394 e. The van der Waals surface area contributed by atoms with Crippen LogP contribution in [0.5, 0.6) is 0 Å². The zero-order chi connectivity index (χ0) is 10.7. The van der Waals surface area contributed by atoms with E-state index in [1.54, 1.807) is 0 Å². The Labute approximate surface area is 83.7 Å². The van der Waals surface area contributed by atoms with Gasteiger partial charge in [-0.15, -0.1) is 0 Å². The Morgan fingerprint density at radius 1 is 1.36 bits per heavy atom. The van der Waals surface area contributed by atoms with E-state index in [1.807, 2.05) is 13.8 Å². The topological polar surface area (TPSA) is 82.0 Å². The van der Waals surface area contributed by atoms with Crippen LogP contribution in [0.15, 0.2) is 0 Å². The van der Waals surface area contributed by atoms with Crippen molar-refractivity contribution in [3.05, 3.63) is 0 Å². The molecule has 14 heavy (non-hydrogen) atoms. The summed E-state index contributed by atoms with van der Waals surface area (Å²) in [7, 11) is 0. The molecule has 0 unspecified atom stereocenters. The fraction of sp³-hybridized carbons (Fsp3) is 1.00. The van der Waals surface area contributed by atoms with Crippen LogP contribution in [0.3, 0.4) is 0 Å². The minimum Gasteiger partial charge on any atom is -0.394 e. The van der Waals surface area contributed by atoms with Gasteiger partial charge in [0.2, 0.25) is 0 Å². The molecule has 1 fully saturated rings. The van der Waals surface area contributed by atoms with Crippen LogP contribution in [0.1, 0.15) is 13.8 Å². The number of aliphatic hydroxyl groups excluding tert-OH is 3. The lowest BCUT2D eigenvalue weighted by molar-refractivity contribution is -0.112. The van der Waals surface area contributed by atoms with E-state index in [2.05, 4.69) is 5.32 Å². The molecule has 0 aromatic carbocycles. The summed E-state index contributed by atoms with van der Waals surface area (Å²) >= 11 is 0. The number of aliphatic hydroxyl groups is 3. The second kappa shape index (κ2) is 5.04. The summed E-state index contributed by atoms with van der Waals surface area (Å²) in [4.78, 5) is 0. The third kappa shape index (κ3) is 2.65. The molecule has 0 saturated carbocycles. The lowest BCUT2D eigenvalue weighted by Gasteiger charge is -2.19. The molecule has 1 aliphatic rings. The zero-order valence-electron chi connectivity index (χ0n) is 8.55. The van der Waals surface area contributed by atoms with Crippen molar-refractivity contribution in [1.82, 2.24) is 5.32 Å². The normalized spacial score (nSPS) is 38.1. The van der Waals surface area contributed by atoms with Crippen molar-refractivity contribution in [2.45, 2.75) is 38.4 Å². The summed E-state index contributed by atoms with van der Waals surface area (Å²) in [6.45, 7) is 4.48. The van der Waals surface area contributed by atoms with Gasteiger partial charge in [-0.1, -0.05) is 13.8 Å². The minimum atomic E-state index is -1.04. The van der Waals surface area contributed by atoms with Crippen molar-refractivity contribution in [1.29, 1.82) is 0 Å². The van der Waals surface area contributed by atoms with Crippen LogP contribution in [0.2, 0.25) is 0 Å². The van der Waals surface area contributed by atoms with Crippen LogP contribution < -0.4 is 5.32 Å². The molecule has 1 rings (SSSR count). The Morgan fingerprint density at radius 2 is 2.00 bits per heavy atom. The molecule has 0 spiro atoms. The highest BCUT2D eigenvalue weighted by atomic mass is 16.6. The third-order valence-electron chi connectivity index (χ3n) is 2.31. The highest BCUT2D eigenvalue weighted by Crippen LogP contribution is 2.19. The molecule has 84 valence electrons. The smallest absolute Gasteiger partial charge is 0.173 e. The molecule has 4 N–H and O–H groups in total. The first-order valence-electron chi connectivity index (χ1n) is 4.92. The van der Waals surface area contributed by atoms with Gasteiger partial charge in [-0.05, 0) is 12.5 Å². The molecular formula is C9H19NO4. The zero-order valence-corrected chi connectivity index (χ0v) is 8.55. The molecular weight excluding hydrogens is 186 g/mol. The van der Waals surface area contributed by atoms with Crippen LogP contribution in [0.25, 0.3) is 0 Å². The standard InChI is InChI=1S/C9H19NO4/c1-5(2)3-10-7-8(12)6(4-11)14-9(7)13/h5-13H,3-4H2,1-2H3/t6-,7+,8-,9-/m1/s1. The van der Waals surface area contributed by atoms with E-state index < -0.39 is 24.5 Å². The average molecular weight is 205 g/mol. The van der Waals surface area contributed by atoms with E-state index in [0.717, 1.165) is 0 Å². The number of ether oxygens (including phenoxy) is 1. The van der Waals surface area contributed by atoms with Gasteiger partial charge in [0.25, 0.3) is 0 Å². The maximum Gasteiger partial charge on any atom is 0.173 e. The summed E-state index contributed by atoms with van der Waals surface area (Å²) in [6, 6.07) is -0.505. The van der Waals surface area contributed by atoms with Crippen LogP contribution in [0.4, 0.5) is 0 Å². The minimum absolute atomic E-state index is 0.280. The van der Waals surface area contributed by atoms with E-state index in [0.29, 0.717) is 12.5 Å². The molecule has 1 saturated heterocycles. The monoisotopic (exact) mass is 205 g/mol. The Morgan fingerprint density at radius 3 is 2.43 bits per heavy atom. The average Bonchev–Trinajstić information content (AvgIpc) is 2.39. The maximum absolute atomic E-state index is 9.62. The highest BCUT2D eigenvalue weighted by molar-refractivity contribution is 4.90. The SMILES string of the molecule is CC(C)CN[C@H]1[C@H](O)[C@@H](CO)O[C@H]1O. The molecule has 0 aromatic rings. The number of rotatable bonds is 4. The van der Waals surface area contributed by atoms with Crippen molar-refractivity contribution < 1.29 is 20.1 Å². The van der Waals surface area contributed by atoms with Gasteiger partial charge in [0, 0.05) is 0 Å². The summed E-state index contributed by atoms with van der Waals surface area (Å²) in [5.74, 6) is 0.433. The molecule has 0 amide bonds. The van der Waals surface area contributed by atoms with Crippen molar-refractivity contribution in [2.24, 2.45) is 5.92 Å². The Kier molecular flexibility index (Phi) is 4.28. The predicted molar refractivity (Wildman–Crippen MR) is 50.6 cm³/mol. The predicted octanol–water partition coefficient (Wildman–Crippen LogP) is -1.33. The summed E-state index contributed by atoms with van der Waals surface area (Å²) in [6.07, 6.45) is -2.58. The molecule has 0 aliphatic carbocycles. The highest BCUT2D eigenvalue weighted by Gasteiger charge is 2.42. The van der Waals surface area contributed by atoms with Crippen LogP contribution in [-0.2, 0) is 4.74 Å². The quantitative estimate of drug-likeness (QED) is 0.457. The Balaban J connectivity index is 2.43. The van der Waals surface area contributed by atoms with Crippen molar-refractivity contribution >= 4 is 0 Å². The van der Waals surface area contributed by atoms with Gasteiger partial charge in [-0.25, -0.2) is 0 Å². The third-order valence-corrected chi connectivity index (χ3v) is 2.31. The van der Waals surface area contributed by atoms with Gasteiger partial charge in [0.15, 0.2) is 6.29 Å². The van der Waals surface area contributed by atoms with Gasteiger partial charge in [0.05, 0.1) is 12.6 Å². The number of hydrogen-bond donors (Lipinski definition) is 4. The fourth-order valence-corrected chi connectivity index (χ4v) is 1.49. The first-order valence-corrected chi connectivity index (χ1v) is 4.92. The van der Waals surface area contributed by atoms with Gasteiger partial charge in [-0.3, -0.25) is 0 Å². The summed E-state index contributed by atoms with van der Waals surface area (Å²) < 4.78 is 4.96. The summed E-state index contributed by atoms with van der Waals surface area (Å²) in [5, 5.41) is 30.9. The van der Waals surface area contributed by atoms with E-state index in [4.69, 9.17) is 9.84 Å². The fourth-order valence-electron chi connectivity index (χ4n) is 1.49. The van der Waals surface area contributed by atoms with E-state index in [-0.39, 0.29) is 6.61 Å².